The molecule has 6 N–H and O–H groups in total. The Hall–Kier alpha value is -0.730. The number of fused-ring (bicyclic) bond motifs is 5. The lowest BCUT2D eigenvalue weighted by Gasteiger charge is -2.63. The lowest BCUT2D eigenvalue weighted by Crippen LogP contribution is -2.57. The van der Waals surface area contributed by atoms with Gasteiger partial charge in [0.25, 0.3) is 0 Å². The van der Waals surface area contributed by atoms with Crippen molar-refractivity contribution in [3.05, 3.63) is 0 Å². The average Bonchev–Trinajstić information content (AvgIpc) is 3.36. The molecule has 4 aliphatic rings. The quantitative estimate of drug-likeness (QED) is 0.0704. The van der Waals surface area contributed by atoms with Crippen LogP contribution in [0.15, 0.2) is 0 Å². The van der Waals surface area contributed by atoms with E-state index < -0.39 is 22.6 Å². The molecule has 0 amide bonds. The molecule has 268 valence electrons. The summed E-state index contributed by atoms with van der Waals surface area (Å²) < 4.78 is 36.6. The molecule has 0 radical (unpaired) electrons. The number of hydrogen-bond acceptors (Lipinski definition) is 7. The van der Waals surface area contributed by atoms with Gasteiger partial charge in [-0.05, 0) is 162 Å². The maximum Gasteiger partial charge on any atom is 0.397 e. The Morgan fingerprint density at radius 3 is 2.33 bits per heavy atom. The zero-order valence-corrected chi connectivity index (χ0v) is 30.6. The normalized spacial score (nSPS) is 37.6. The van der Waals surface area contributed by atoms with Gasteiger partial charge in [0, 0.05) is 6.04 Å². The van der Waals surface area contributed by atoms with E-state index in [4.69, 9.17) is 14.5 Å². The van der Waals surface area contributed by atoms with Gasteiger partial charge in [0.2, 0.25) is 0 Å². The Kier molecular flexibility index (Phi) is 14.9. The van der Waals surface area contributed by atoms with E-state index in [1.807, 2.05) is 0 Å². The monoisotopic (exact) mass is 667 g/mol. The molecule has 9 heteroatoms. The van der Waals surface area contributed by atoms with Gasteiger partial charge in [0.15, 0.2) is 0 Å². The minimum Gasteiger partial charge on any atom is -0.393 e. The fourth-order valence-electron chi connectivity index (χ4n) is 11.2. The van der Waals surface area contributed by atoms with Crippen LogP contribution in [0.4, 0.5) is 0 Å². The highest BCUT2D eigenvalue weighted by Crippen LogP contribution is 2.69. The zero-order chi connectivity index (χ0) is 34.2. The van der Waals surface area contributed by atoms with E-state index in [1.54, 1.807) is 6.92 Å². The molecule has 8 nitrogen and oxygen atoms in total. The number of terminal acetylenes is 1. The first-order valence-electron chi connectivity index (χ1n) is 18.5. The fourth-order valence-corrected chi connectivity index (χ4v) is 11.9. The first-order valence-corrected chi connectivity index (χ1v) is 19.9. The number of unbranched alkanes of at least 4 members (excludes halogenated alkanes) is 1. The highest BCUT2D eigenvalue weighted by molar-refractivity contribution is 7.80. The third-order valence-corrected chi connectivity index (χ3v) is 14.2. The fraction of sp³-hybridized carbons (Fsp3) is 0.946. The van der Waals surface area contributed by atoms with E-state index in [2.05, 4.69) is 51.2 Å². The van der Waals surface area contributed by atoms with Gasteiger partial charge in [-0.15, -0.1) is 12.8 Å². The first kappa shape index (κ1) is 39.7. The van der Waals surface area contributed by atoms with Crippen LogP contribution in [0.2, 0.25) is 0 Å². The van der Waals surface area contributed by atoms with Gasteiger partial charge in [-0.25, -0.2) is 4.18 Å². The highest BCUT2D eigenvalue weighted by atomic mass is 32.3. The summed E-state index contributed by atoms with van der Waals surface area (Å²) in [6, 6.07) is 0.676. The van der Waals surface area contributed by atoms with Crippen LogP contribution in [-0.4, -0.2) is 62.5 Å². The van der Waals surface area contributed by atoms with Crippen LogP contribution >= 0.6 is 0 Å². The summed E-state index contributed by atoms with van der Waals surface area (Å²) in [5.41, 5.74) is 5.18. The van der Waals surface area contributed by atoms with Crippen molar-refractivity contribution >= 4 is 10.4 Å². The van der Waals surface area contributed by atoms with Crippen molar-refractivity contribution in [2.24, 2.45) is 58.0 Å². The summed E-state index contributed by atoms with van der Waals surface area (Å²) in [6.45, 7) is 15.5. The van der Waals surface area contributed by atoms with Crippen LogP contribution in [0.25, 0.3) is 0 Å². The van der Waals surface area contributed by atoms with Crippen molar-refractivity contribution in [3.63, 3.8) is 0 Å². The van der Waals surface area contributed by atoms with Crippen molar-refractivity contribution in [2.75, 3.05) is 32.8 Å². The summed E-state index contributed by atoms with van der Waals surface area (Å²) in [7, 11) is -4.60. The van der Waals surface area contributed by atoms with Crippen molar-refractivity contribution in [3.8, 4) is 12.8 Å². The Labute approximate surface area is 282 Å². The lowest BCUT2D eigenvalue weighted by molar-refractivity contribution is -0.140. The second kappa shape index (κ2) is 17.3. The minimum atomic E-state index is -4.60. The van der Waals surface area contributed by atoms with Crippen molar-refractivity contribution in [2.45, 2.75) is 136 Å². The maximum atomic E-state index is 11.3. The number of hydrogen-bond donors (Lipinski definition) is 5. The maximum absolute atomic E-state index is 11.3. The molecule has 0 aromatic heterocycles. The van der Waals surface area contributed by atoms with E-state index >= 15 is 0 Å². The second-order valence-electron chi connectivity index (χ2n) is 16.4. The minimum absolute atomic E-state index is 0.375. The van der Waals surface area contributed by atoms with E-state index in [0.29, 0.717) is 35.1 Å². The summed E-state index contributed by atoms with van der Waals surface area (Å²) in [4.78, 5) is 0. The molecular formula is C37H69N3O5S. The standard InChI is InChI=1S/C35H67N3O5S.C2H2/c1-25(10-8-15-33(3,24-39)43-44(40,41)42)29-11-12-30-32-26(2)22-27-23-28(38-21-9-20-37-19-7-6-18-36)13-16-34(27,4)31(32)14-17-35(29,30)5;1-2/h25-32,37-39H,6-24,36H2,1-5H3,(H,40,41,42);1-2H. The Morgan fingerprint density at radius 2 is 1.65 bits per heavy atom. The third kappa shape index (κ3) is 9.49. The summed E-state index contributed by atoms with van der Waals surface area (Å²) in [5, 5.41) is 17.3. The first-order chi connectivity index (χ1) is 21.8. The highest BCUT2D eigenvalue weighted by Gasteiger charge is 2.62. The van der Waals surface area contributed by atoms with Crippen molar-refractivity contribution in [1.29, 1.82) is 0 Å². The van der Waals surface area contributed by atoms with Gasteiger partial charge >= 0.3 is 10.4 Å². The second-order valence-corrected chi connectivity index (χ2v) is 17.5. The molecule has 0 aromatic carbocycles. The average molecular weight is 668 g/mol. The third-order valence-electron chi connectivity index (χ3n) is 13.6. The molecule has 4 saturated carbocycles. The lowest BCUT2D eigenvalue weighted by atomic mass is 9.42. The largest absolute Gasteiger partial charge is 0.397 e. The Bertz CT molecular complexity index is 1060. The van der Waals surface area contributed by atoms with Gasteiger partial charge < -0.3 is 21.5 Å². The van der Waals surface area contributed by atoms with Gasteiger partial charge in [-0.3, -0.25) is 4.55 Å². The predicted molar refractivity (Wildman–Crippen MR) is 188 cm³/mol. The number of rotatable bonds is 17. The van der Waals surface area contributed by atoms with Crippen molar-refractivity contribution in [1.82, 2.24) is 10.6 Å². The van der Waals surface area contributed by atoms with Crippen LogP contribution < -0.4 is 16.4 Å². The van der Waals surface area contributed by atoms with E-state index in [-0.39, 0.29) is 0 Å². The van der Waals surface area contributed by atoms with Gasteiger partial charge in [0.1, 0.15) is 5.60 Å². The number of nitrogens with one attached hydrogen (secondary N) is 2. The smallest absolute Gasteiger partial charge is 0.393 e. The molecule has 0 aliphatic heterocycles. The predicted octanol–water partition coefficient (Wildman–Crippen LogP) is 6.19. The van der Waals surface area contributed by atoms with Gasteiger partial charge in [-0.1, -0.05) is 40.5 Å². The molecule has 0 saturated heterocycles. The molecule has 4 rings (SSSR count). The number of aliphatic hydroxyl groups is 1. The summed E-state index contributed by atoms with van der Waals surface area (Å²) in [5.74, 6) is 5.35. The molecule has 4 fully saturated rings. The molecular weight excluding hydrogens is 598 g/mol. The topological polar surface area (TPSA) is 134 Å². The molecule has 0 bridgehead atoms. The van der Waals surface area contributed by atoms with Crippen molar-refractivity contribution < 1.29 is 22.3 Å². The Balaban J connectivity index is 0.00000282. The van der Waals surface area contributed by atoms with Gasteiger partial charge in [-0.2, -0.15) is 8.42 Å². The molecule has 11 unspecified atom stereocenters. The van der Waals surface area contributed by atoms with E-state index in [1.165, 1.54) is 64.2 Å². The van der Waals surface area contributed by atoms with Crippen LogP contribution in [0.3, 0.4) is 0 Å². The van der Waals surface area contributed by atoms with Gasteiger partial charge in [0.05, 0.1) is 6.61 Å². The molecule has 11 atom stereocenters. The van der Waals surface area contributed by atoms with E-state index in [0.717, 1.165) is 75.0 Å². The van der Waals surface area contributed by atoms with Crippen LogP contribution in [-0.2, 0) is 14.6 Å². The number of nitrogens with two attached hydrogens (primary N) is 1. The Morgan fingerprint density at radius 1 is 0.978 bits per heavy atom. The van der Waals surface area contributed by atoms with Crippen LogP contribution in [0.5, 0.6) is 0 Å². The zero-order valence-electron chi connectivity index (χ0n) is 29.8. The van der Waals surface area contributed by atoms with E-state index in [9.17, 15) is 13.5 Å². The summed E-state index contributed by atoms with van der Waals surface area (Å²) in [6.07, 6.45) is 24.4. The molecule has 0 aromatic rings. The molecule has 0 spiro atoms. The SMILES string of the molecule is C#C.CC1CC2CC(NCCCNCCCCN)CCC2(C)C2CCC3(C)C(C(C)CCCC(C)(CO)OS(=O)(=O)O)CCC3C12. The molecule has 4 aliphatic carbocycles. The molecule has 0 heterocycles. The van der Waals surface area contributed by atoms with Crippen LogP contribution in [0.1, 0.15) is 125 Å². The summed E-state index contributed by atoms with van der Waals surface area (Å²) >= 11 is 0. The number of aliphatic hydroxyl groups excluding tert-OH is 1. The van der Waals surface area contributed by atoms with Crippen LogP contribution in [0, 0.1) is 65.1 Å². The molecule has 46 heavy (non-hydrogen) atoms.